The minimum absolute atomic E-state index is 0.00814. The Morgan fingerprint density at radius 3 is 2.50 bits per heavy atom. The van der Waals surface area contributed by atoms with Crippen molar-refractivity contribution in [3.05, 3.63) is 28.2 Å². The van der Waals surface area contributed by atoms with Crippen LogP contribution in [-0.4, -0.2) is 6.61 Å². The van der Waals surface area contributed by atoms with Crippen molar-refractivity contribution >= 4 is 27.5 Å². The molecule has 1 nitrogen and oxygen atoms in total. The van der Waals surface area contributed by atoms with Crippen LogP contribution >= 0.6 is 27.5 Å². The number of benzene rings is 1. The molecular weight excluding hydrogens is 287 g/mol. The maximum atomic E-state index is 6.49. The van der Waals surface area contributed by atoms with E-state index >= 15 is 0 Å². The summed E-state index contributed by atoms with van der Waals surface area (Å²) < 4.78 is 6.63. The summed E-state index contributed by atoms with van der Waals surface area (Å²) in [6.07, 6.45) is 0. The van der Waals surface area contributed by atoms with Gasteiger partial charge in [0.1, 0.15) is 5.75 Å². The summed E-state index contributed by atoms with van der Waals surface area (Å²) in [4.78, 5) is 0. The number of hydrogen-bond donors (Lipinski definition) is 0. The smallest absolute Gasteiger partial charge is 0.124 e. The van der Waals surface area contributed by atoms with Gasteiger partial charge < -0.3 is 4.74 Å². The maximum Gasteiger partial charge on any atom is 0.124 e. The van der Waals surface area contributed by atoms with E-state index in [4.69, 9.17) is 16.3 Å². The van der Waals surface area contributed by atoms with Gasteiger partial charge in [0.2, 0.25) is 0 Å². The molecule has 0 radical (unpaired) electrons. The lowest BCUT2D eigenvalue weighted by atomic mass is 9.87. The second kappa shape index (κ2) is 5.42. The van der Waals surface area contributed by atoms with Gasteiger partial charge >= 0.3 is 0 Å². The average Bonchev–Trinajstić information content (AvgIpc) is 2.18. The second-order valence-electron chi connectivity index (χ2n) is 4.84. The van der Waals surface area contributed by atoms with E-state index < -0.39 is 0 Å². The van der Waals surface area contributed by atoms with Crippen LogP contribution in [-0.2, 0) is 0 Å². The van der Waals surface area contributed by atoms with Gasteiger partial charge in [-0.05, 0) is 30.5 Å². The highest BCUT2D eigenvalue weighted by atomic mass is 79.9. The Hall–Kier alpha value is -0.210. The zero-order chi connectivity index (χ0) is 12.3. The fraction of sp³-hybridized carbons (Fsp3) is 0.538. The van der Waals surface area contributed by atoms with E-state index in [1.165, 1.54) is 0 Å². The molecule has 0 N–H and O–H groups in total. The van der Waals surface area contributed by atoms with Crippen LogP contribution in [0.5, 0.6) is 5.75 Å². The molecule has 90 valence electrons. The lowest BCUT2D eigenvalue weighted by Crippen LogP contribution is -2.14. The number of rotatable bonds is 3. The summed E-state index contributed by atoms with van der Waals surface area (Å²) >= 11 is 9.96. The lowest BCUT2D eigenvalue weighted by molar-refractivity contribution is 0.324. The number of alkyl halides is 1. The molecule has 0 saturated carbocycles. The zero-order valence-electron chi connectivity index (χ0n) is 10.2. The summed E-state index contributed by atoms with van der Waals surface area (Å²) in [7, 11) is 0. The van der Waals surface area contributed by atoms with Gasteiger partial charge in [-0.3, -0.25) is 0 Å². The molecule has 0 aliphatic rings. The Labute approximate surface area is 111 Å². The summed E-state index contributed by atoms with van der Waals surface area (Å²) in [5, 5.41) is -0.0634. The molecule has 0 bridgehead atoms. The van der Waals surface area contributed by atoms with Crippen LogP contribution in [0.2, 0.25) is 0 Å². The van der Waals surface area contributed by atoms with Crippen LogP contribution in [0.15, 0.2) is 22.7 Å². The molecule has 1 atom stereocenters. The third kappa shape index (κ3) is 3.39. The van der Waals surface area contributed by atoms with Crippen LogP contribution in [0, 0.1) is 5.41 Å². The van der Waals surface area contributed by atoms with Crippen molar-refractivity contribution in [2.24, 2.45) is 5.41 Å². The Morgan fingerprint density at radius 2 is 2.00 bits per heavy atom. The minimum Gasteiger partial charge on any atom is -0.494 e. The average molecular weight is 306 g/mol. The first kappa shape index (κ1) is 13.9. The molecule has 1 aromatic rings. The monoisotopic (exact) mass is 304 g/mol. The summed E-state index contributed by atoms with van der Waals surface area (Å²) in [6.45, 7) is 9.01. The van der Waals surface area contributed by atoms with E-state index in [1.807, 2.05) is 25.1 Å². The van der Waals surface area contributed by atoms with Gasteiger partial charge in [0, 0.05) is 10.0 Å². The minimum atomic E-state index is -0.0634. The third-order valence-corrected chi connectivity index (χ3v) is 3.69. The van der Waals surface area contributed by atoms with Crippen LogP contribution in [0.4, 0.5) is 0 Å². The summed E-state index contributed by atoms with van der Waals surface area (Å²) in [6, 6.07) is 5.97. The van der Waals surface area contributed by atoms with Gasteiger partial charge in [-0.1, -0.05) is 36.7 Å². The van der Waals surface area contributed by atoms with Crippen molar-refractivity contribution in [1.82, 2.24) is 0 Å². The van der Waals surface area contributed by atoms with Crippen molar-refractivity contribution < 1.29 is 4.74 Å². The van der Waals surface area contributed by atoms with Crippen molar-refractivity contribution in [3.63, 3.8) is 0 Å². The standard InChI is InChI=1S/C13H18BrClO/c1-5-16-11-7-6-9(14)8-10(11)12(15)13(2,3)4/h6-8,12H,5H2,1-4H3. The molecule has 0 heterocycles. The lowest BCUT2D eigenvalue weighted by Gasteiger charge is -2.27. The number of halogens is 2. The zero-order valence-corrected chi connectivity index (χ0v) is 12.5. The maximum absolute atomic E-state index is 6.49. The Balaban J connectivity index is 3.14. The van der Waals surface area contributed by atoms with Crippen LogP contribution in [0.1, 0.15) is 38.6 Å². The molecule has 1 rings (SSSR count). The molecule has 0 aliphatic heterocycles. The predicted molar refractivity (Wildman–Crippen MR) is 73.4 cm³/mol. The molecule has 0 amide bonds. The second-order valence-corrected chi connectivity index (χ2v) is 6.20. The van der Waals surface area contributed by atoms with Gasteiger partial charge in [0.15, 0.2) is 0 Å². The van der Waals surface area contributed by atoms with Gasteiger partial charge in [0.05, 0.1) is 12.0 Å². The Kier molecular flexibility index (Phi) is 4.69. The number of hydrogen-bond acceptors (Lipinski definition) is 1. The first-order valence-electron chi connectivity index (χ1n) is 5.42. The van der Waals surface area contributed by atoms with E-state index in [2.05, 4.69) is 36.7 Å². The highest BCUT2D eigenvalue weighted by Gasteiger charge is 2.26. The highest BCUT2D eigenvalue weighted by molar-refractivity contribution is 9.10. The molecular formula is C13H18BrClO. The molecule has 0 fully saturated rings. The Morgan fingerprint density at radius 1 is 1.38 bits per heavy atom. The van der Waals surface area contributed by atoms with E-state index in [1.54, 1.807) is 0 Å². The predicted octanol–water partition coefficient (Wildman–Crippen LogP) is 5.17. The van der Waals surface area contributed by atoms with Crippen LogP contribution < -0.4 is 4.74 Å². The molecule has 1 unspecified atom stereocenters. The van der Waals surface area contributed by atoms with Crippen LogP contribution in [0.25, 0.3) is 0 Å². The molecule has 1 aromatic carbocycles. The molecule has 16 heavy (non-hydrogen) atoms. The van der Waals surface area contributed by atoms with E-state index in [-0.39, 0.29) is 10.8 Å². The third-order valence-electron chi connectivity index (χ3n) is 2.31. The molecule has 0 aromatic heterocycles. The molecule has 0 spiro atoms. The van der Waals surface area contributed by atoms with Gasteiger partial charge in [-0.25, -0.2) is 0 Å². The molecule has 0 saturated heterocycles. The first-order valence-corrected chi connectivity index (χ1v) is 6.65. The van der Waals surface area contributed by atoms with Gasteiger partial charge in [0.25, 0.3) is 0 Å². The molecule has 0 aliphatic carbocycles. The van der Waals surface area contributed by atoms with Gasteiger partial charge in [-0.2, -0.15) is 0 Å². The number of ether oxygens (including phenoxy) is 1. The summed E-state index contributed by atoms with van der Waals surface area (Å²) in [5.74, 6) is 0.876. The fourth-order valence-corrected chi connectivity index (χ4v) is 2.02. The van der Waals surface area contributed by atoms with Crippen molar-refractivity contribution in [1.29, 1.82) is 0 Å². The largest absolute Gasteiger partial charge is 0.494 e. The normalized spacial score (nSPS) is 13.6. The van der Waals surface area contributed by atoms with Crippen LogP contribution in [0.3, 0.4) is 0 Å². The topological polar surface area (TPSA) is 9.23 Å². The van der Waals surface area contributed by atoms with E-state index in [0.717, 1.165) is 15.8 Å². The van der Waals surface area contributed by atoms with E-state index in [9.17, 15) is 0 Å². The van der Waals surface area contributed by atoms with Crippen molar-refractivity contribution in [2.75, 3.05) is 6.61 Å². The SMILES string of the molecule is CCOc1ccc(Br)cc1C(Cl)C(C)(C)C. The van der Waals surface area contributed by atoms with Crippen molar-refractivity contribution in [2.45, 2.75) is 33.1 Å². The highest BCUT2D eigenvalue weighted by Crippen LogP contribution is 2.43. The van der Waals surface area contributed by atoms with Crippen molar-refractivity contribution in [3.8, 4) is 5.75 Å². The Bertz CT molecular complexity index is 357. The quantitative estimate of drug-likeness (QED) is 0.700. The molecule has 3 heteroatoms. The van der Waals surface area contributed by atoms with Gasteiger partial charge in [-0.15, -0.1) is 11.6 Å². The first-order chi connectivity index (χ1) is 7.36. The van der Waals surface area contributed by atoms with E-state index in [0.29, 0.717) is 6.61 Å². The summed E-state index contributed by atoms with van der Waals surface area (Å²) in [5.41, 5.74) is 1.05. The fourth-order valence-electron chi connectivity index (χ4n) is 1.47.